The number of nitrogens with one attached hydrogen (secondary N) is 1. The molecule has 0 aliphatic carbocycles. The summed E-state index contributed by atoms with van der Waals surface area (Å²) in [5, 5.41) is 7.82. The average Bonchev–Trinajstić information content (AvgIpc) is 2.70. The highest BCUT2D eigenvalue weighted by Gasteiger charge is 2.12. The Balaban J connectivity index is 2.56. The van der Waals surface area contributed by atoms with E-state index in [0.29, 0.717) is 19.6 Å². The predicted molar refractivity (Wildman–Crippen MR) is 84.2 cm³/mol. The van der Waals surface area contributed by atoms with Crippen LogP contribution in [0.4, 0.5) is 0 Å². The summed E-state index contributed by atoms with van der Waals surface area (Å²) < 4.78 is 29.9. The molecule has 1 aromatic rings. The maximum atomic E-state index is 11.5. The minimum absolute atomic E-state index is 0.207. The lowest BCUT2D eigenvalue weighted by molar-refractivity contribution is 0.199. The third-order valence-electron chi connectivity index (χ3n) is 3.58. The van der Waals surface area contributed by atoms with E-state index in [1.54, 1.807) is 14.0 Å². The highest BCUT2D eigenvalue weighted by Crippen LogP contribution is 2.13. The first-order chi connectivity index (χ1) is 9.91. The number of aryl methyl sites for hydroxylation is 2. The van der Waals surface area contributed by atoms with Gasteiger partial charge in [0.25, 0.3) is 0 Å². The average molecular weight is 317 g/mol. The first kappa shape index (κ1) is 18.1. The van der Waals surface area contributed by atoms with Crippen LogP contribution in [0.5, 0.6) is 0 Å². The Morgan fingerprint density at radius 2 is 2.05 bits per heavy atom. The molecule has 0 saturated carbocycles. The second kappa shape index (κ2) is 8.51. The lowest BCUT2D eigenvalue weighted by atomic mass is 10.2. The molecular weight excluding hydrogens is 290 g/mol. The van der Waals surface area contributed by atoms with Crippen molar-refractivity contribution in [3.63, 3.8) is 0 Å². The summed E-state index contributed by atoms with van der Waals surface area (Å²) in [7, 11) is -1.21. The zero-order valence-corrected chi connectivity index (χ0v) is 14.3. The Kier molecular flexibility index (Phi) is 7.34. The molecule has 6 nitrogen and oxygen atoms in total. The van der Waals surface area contributed by atoms with Gasteiger partial charge in [0.15, 0.2) is 0 Å². The van der Waals surface area contributed by atoms with Crippen LogP contribution < -0.4 is 5.32 Å². The first-order valence-electron chi connectivity index (χ1n) is 7.34. The van der Waals surface area contributed by atoms with E-state index in [1.165, 1.54) is 5.56 Å². The fourth-order valence-corrected chi connectivity index (χ4v) is 3.03. The number of methoxy groups -OCH3 is 1. The molecule has 0 bridgehead atoms. The summed E-state index contributed by atoms with van der Waals surface area (Å²) in [5.74, 6) is 0.433. The molecule has 0 atom stereocenters. The minimum Gasteiger partial charge on any atom is -0.383 e. The van der Waals surface area contributed by atoms with E-state index >= 15 is 0 Å². The molecule has 7 heteroatoms. The smallest absolute Gasteiger partial charge is 0.150 e. The molecule has 0 saturated heterocycles. The molecule has 1 N–H and O–H groups in total. The van der Waals surface area contributed by atoms with Crippen LogP contribution in [0.2, 0.25) is 0 Å². The molecule has 0 amide bonds. The third-order valence-corrected chi connectivity index (χ3v) is 5.37. The second-order valence-corrected chi connectivity index (χ2v) is 7.60. The molecule has 21 heavy (non-hydrogen) atoms. The largest absolute Gasteiger partial charge is 0.383 e. The van der Waals surface area contributed by atoms with Crippen molar-refractivity contribution < 1.29 is 13.2 Å². The zero-order valence-electron chi connectivity index (χ0n) is 13.5. The van der Waals surface area contributed by atoms with Crippen molar-refractivity contribution in [2.45, 2.75) is 40.3 Å². The summed E-state index contributed by atoms with van der Waals surface area (Å²) >= 11 is 0. The highest BCUT2D eigenvalue weighted by molar-refractivity contribution is 7.91. The molecular formula is C14H27N3O3S. The summed E-state index contributed by atoms with van der Waals surface area (Å²) in [5.41, 5.74) is 3.28. The summed E-state index contributed by atoms with van der Waals surface area (Å²) in [6.07, 6.45) is 0.606. The number of aromatic nitrogens is 2. The van der Waals surface area contributed by atoms with E-state index in [4.69, 9.17) is 4.74 Å². The topological polar surface area (TPSA) is 73.2 Å². The standard InChI is InChI=1S/C14H27N3O3S/c1-5-21(18,19)10-6-8-17-13(3)14(12(2)16-17)11-15-7-9-20-4/h15H,5-11H2,1-4H3. The summed E-state index contributed by atoms with van der Waals surface area (Å²) in [6.45, 7) is 8.58. The Bertz CT molecular complexity index is 538. The van der Waals surface area contributed by atoms with Crippen molar-refractivity contribution >= 4 is 9.84 Å². The lowest BCUT2D eigenvalue weighted by Crippen LogP contribution is -2.19. The molecule has 0 radical (unpaired) electrons. The number of hydrogen-bond donors (Lipinski definition) is 1. The molecule has 0 unspecified atom stereocenters. The molecule has 122 valence electrons. The van der Waals surface area contributed by atoms with Crippen molar-refractivity contribution in [3.05, 3.63) is 17.0 Å². The van der Waals surface area contributed by atoms with Crippen LogP contribution in [0.25, 0.3) is 0 Å². The van der Waals surface area contributed by atoms with Crippen molar-refractivity contribution in [3.8, 4) is 0 Å². The third kappa shape index (κ3) is 5.76. The Hall–Kier alpha value is -0.920. The Labute approximate surface area is 127 Å². The van der Waals surface area contributed by atoms with Crippen LogP contribution in [0.1, 0.15) is 30.3 Å². The lowest BCUT2D eigenvalue weighted by Gasteiger charge is -2.07. The quantitative estimate of drug-likeness (QED) is 0.653. The molecule has 1 heterocycles. The number of nitrogens with zero attached hydrogens (tertiary/aromatic N) is 2. The van der Waals surface area contributed by atoms with Gasteiger partial charge in [-0.2, -0.15) is 5.10 Å². The Morgan fingerprint density at radius 1 is 1.33 bits per heavy atom. The van der Waals surface area contributed by atoms with Gasteiger partial charge in [0.2, 0.25) is 0 Å². The van der Waals surface area contributed by atoms with E-state index in [-0.39, 0.29) is 11.5 Å². The van der Waals surface area contributed by atoms with Gasteiger partial charge in [0.1, 0.15) is 9.84 Å². The molecule has 0 aliphatic heterocycles. The van der Waals surface area contributed by atoms with Crippen LogP contribution in [-0.2, 0) is 27.7 Å². The molecule has 0 fully saturated rings. The molecule has 1 aromatic heterocycles. The number of hydrogen-bond acceptors (Lipinski definition) is 5. The number of ether oxygens (including phenoxy) is 1. The van der Waals surface area contributed by atoms with E-state index in [2.05, 4.69) is 10.4 Å². The van der Waals surface area contributed by atoms with E-state index in [9.17, 15) is 8.42 Å². The SMILES string of the molecule is CCS(=O)(=O)CCCn1nc(C)c(CNCCOC)c1C. The van der Waals surface area contributed by atoms with Crippen LogP contribution in [0.3, 0.4) is 0 Å². The maximum Gasteiger partial charge on any atom is 0.150 e. The van der Waals surface area contributed by atoms with Gasteiger partial charge >= 0.3 is 0 Å². The van der Waals surface area contributed by atoms with Gasteiger partial charge in [-0.15, -0.1) is 0 Å². The fraction of sp³-hybridized carbons (Fsp3) is 0.786. The van der Waals surface area contributed by atoms with Crippen LogP contribution in [0.15, 0.2) is 0 Å². The van der Waals surface area contributed by atoms with Gasteiger partial charge in [0.05, 0.1) is 18.1 Å². The molecule has 0 spiro atoms. The Morgan fingerprint density at radius 3 is 2.67 bits per heavy atom. The normalized spacial score (nSPS) is 12.0. The highest BCUT2D eigenvalue weighted by atomic mass is 32.2. The molecule has 1 rings (SSSR count). The van der Waals surface area contributed by atoms with Crippen LogP contribution in [0, 0.1) is 13.8 Å². The van der Waals surface area contributed by atoms with Crippen molar-refractivity contribution in [2.24, 2.45) is 0 Å². The van der Waals surface area contributed by atoms with Crippen molar-refractivity contribution in [2.75, 3.05) is 31.8 Å². The van der Waals surface area contributed by atoms with Crippen LogP contribution >= 0.6 is 0 Å². The van der Waals surface area contributed by atoms with E-state index in [1.807, 2.05) is 18.5 Å². The van der Waals surface area contributed by atoms with Gasteiger partial charge in [-0.1, -0.05) is 6.92 Å². The maximum absolute atomic E-state index is 11.5. The molecule has 0 aliphatic rings. The van der Waals surface area contributed by atoms with Gasteiger partial charge in [0, 0.05) is 43.8 Å². The van der Waals surface area contributed by atoms with Crippen molar-refractivity contribution in [1.29, 1.82) is 0 Å². The summed E-state index contributed by atoms with van der Waals surface area (Å²) in [4.78, 5) is 0. The number of rotatable bonds is 10. The zero-order chi connectivity index (χ0) is 15.9. The van der Waals surface area contributed by atoms with Crippen molar-refractivity contribution in [1.82, 2.24) is 15.1 Å². The monoisotopic (exact) mass is 317 g/mol. The molecule has 0 aromatic carbocycles. The van der Waals surface area contributed by atoms with Gasteiger partial charge < -0.3 is 10.1 Å². The van der Waals surface area contributed by atoms with E-state index < -0.39 is 9.84 Å². The predicted octanol–water partition coefficient (Wildman–Crippen LogP) is 1.06. The van der Waals surface area contributed by atoms with Gasteiger partial charge in [-0.3, -0.25) is 4.68 Å². The van der Waals surface area contributed by atoms with Gasteiger partial charge in [-0.25, -0.2) is 8.42 Å². The van der Waals surface area contributed by atoms with Gasteiger partial charge in [-0.05, 0) is 20.3 Å². The van der Waals surface area contributed by atoms with E-state index in [0.717, 1.165) is 24.5 Å². The summed E-state index contributed by atoms with van der Waals surface area (Å²) in [6, 6.07) is 0. The second-order valence-electron chi connectivity index (χ2n) is 5.13. The number of sulfone groups is 1. The fourth-order valence-electron chi connectivity index (χ4n) is 2.17. The first-order valence-corrected chi connectivity index (χ1v) is 9.16. The van der Waals surface area contributed by atoms with Crippen LogP contribution in [-0.4, -0.2) is 50.0 Å². The minimum atomic E-state index is -2.89.